The number of nitrogens with zero attached hydrogens (tertiary/aromatic N) is 3. The van der Waals surface area contributed by atoms with E-state index in [1.807, 2.05) is 0 Å². The highest BCUT2D eigenvalue weighted by Gasteiger charge is 2.36. The maximum atomic E-state index is 11.9. The van der Waals surface area contributed by atoms with Crippen LogP contribution in [0.25, 0.3) is 5.65 Å². The summed E-state index contributed by atoms with van der Waals surface area (Å²) in [4.78, 5) is 0. The standard InChI is InChI=1S/C11H13N3O3S/c1-17-8-4-5-14-10(7-8)12-13-11(14)9-3-2-6-18(9,15)16/h4-5,7,9H,2-3,6H2,1H3. The minimum atomic E-state index is -3.07. The second kappa shape index (κ2) is 3.94. The summed E-state index contributed by atoms with van der Waals surface area (Å²) < 4.78 is 30.7. The maximum Gasteiger partial charge on any atom is 0.164 e. The van der Waals surface area contributed by atoms with Crippen molar-refractivity contribution in [3.05, 3.63) is 24.2 Å². The van der Waals surface area contributed by atoms with Crippen LogP contribution in [0.5, 0.6) is 5.75 Å². The van der Waals surface area contributed by atoms with Crippen LogP contribution in [0, 0.1) is 0 Å². The van der Waals surface area contributed by atoms with Gasteiger partial charge in [-0.3, -0.25) is 4.40 Å². The monoisotopic (exact) mass is 267 g/mol. The summed E-state index contributed by atoms with van der Waals surface area (Å²) in [6.45, 7) is 0. The normalized spacial score (nSPS) is 22.4. The van der Waals surface area contributed by atoms with Gasteiger partial charge in [0.1, 0.15) is 11.0 Å². The lowest BCUT2D eigenvalue weighted by molar-refractivity contribution is 0.414. The van der Waals surface area contributed by atoms with Crippen molar-refractivity contribution in [2.24, 2.45) is 0 Å². The molecule has 0 N–H and O–H groups in total. The molecule has 1 saturated heterocycles. The number of methoxy groups -OCH3 is 1. The molecule has 6 nitrogen and oxygen atoms in total. The van der Waals surface area contributed by atoms with Crippen LogP contribution in [-0.2, 0) is 9.84 Å². The van der Waals surface area contributed by atoms with E-state index in [2.05, 4.69) is 10.2 Å². The summed E-state index contributed by atoms with van der Waals surface area (Å²) in [5.74, 6) is 1.42. The van der Waals surface area contributed by atoms with E-state index in [-0.39, 0.29) is 5.75 Å². The van der Waals surface area contributed by atoms with Gasteiger partial charge in [0.15, 0.2) is 21.3 Å². The lowest BCUT2D eigenvalue weighted by Crippen LogP contribution is -2.11. The van der Waals surface area contributed by atoms with E-state index in [9.17, 15) is 8.42 Å². The lowest BCUT2D eigenvalue weighted by Gasteiger charge is -2.07. The molecular formula is C11H13N3O3S. The van der Waals surface area contributed by atoms with E-state index >= 15 is 0 Å². The van der Waals surface area contributed by atoms with Gasteiger partial charge in [0.05, 0.1) is 12.9 Å². The minimum absolute atomic E-state index is 0.239. The van der Waals surface area contributed by atoms with Crippen molar-refractivity contribution in [1.29, 1.82) is 0 Å². The number of hydrogen-bond donors (Lipinski definition) is 0. The molecule has 2 aromatic rings. The molecule has 0 saturated carbocycles. The average molecular weight is 267 g/mol. The fraction of sp³-hybridized carbons (Fsp3) is 0.455. The van der Waals surface area contributed by atoms with Crippen molar-refractivity contribution >= 4 is 15.5 Å². The number of hydrogen-bond acceptors (Lipinski definition) is 5. The summed E-state index contributed by atoms with van der Waals surface area (Å²) in [5, 5.41) is 7.51. The Morgan fingerprint density at radius 2 is 2.28 bits per heavy atom. The first-order valence-corrected chi connectivity index (χ1v) is 7.43. The molecule has 7 heteroatoms. The van der Waals surface area contributed by atoms with Crippen LogP contribution in [0.15, 0.2) is 18.3 Å². The van der Waals surface area contributed by atoms with Gasteiger partial charge in [-0.1, -0.05) is 0 Å². The van der Waals surface area contributed by atoms with Crippen molar-refractivity contribution in [2.75, 3.05) is 12.9 Å². The van der Waals surface area contributed by atoms with E-state index in [1.54, 1.807) is 29.8 Å². The van der Waals surface area contributed by atoms with Crippen molar-refractivity contribution in [1.82, 2.24) is 14.6 Å². The molecule has 96 valence electrons. The molecule has 1 atom stereocenters. The quantitative estimate of drug-likeness (QED) is 0.811. The molecular weight excluding hydrogens is 254 g/mol. The largest absolute Gasteiger partial charge is 0.497 e. The first-order chi connectivity index (χ1) is 8.62. The van der Waals surface area contributed by atoms with Gasteiger partial charge in [-0.05, 0) is 18.9 Å². The van der Waals surface area contributed by atoms with Gasteiger partial charge in [0.2, 0.25) is 0 Å². The van der Waals surface area contributed by atoms with Crippen LogP contribution in [-0.4, -0.2) is 35.9 Å². The van der Waals surface area contributed by atoms with E-state index in [0.717, 1.165) is 0 Å². The van der Waals surface area contributed by atoms with Gasteiger partial charge in [0, 0.05) is 12.3 Å². The SMILES string of the molecule is COc1ccn2c(C3CCCS3(=O)=O)nnc2c1. The highest BCUT2D eigenvalue weighted by molar-refractivity contribution is 7.91. The van der Waals surface area contributed by atoms with Crippen molar-refractivity contribution in [3.63, 3.8) is 0 Å². The van der Waals surface area contributed by atoms with Gasteiger partial charge >= 0.3 is 0 Å². The molecule has 1 fully saturated rings. The summed E-state index contributed by atoms with van der Waals surface area (Å²) in [5.41, 5.74) is 0.603. The summed E-state index contributed by atoms with van der Waals surface area (Å²) in [7, 11) is -1.50. The second-order valence-corrected chi connectivity index (χ2v) is 6.65. The molecule has 0 radical (unpaired) electrons. The third kappa shape index (κ3) is 1.66. The highest BCUT2D eigenvalue weighted by atomic mass is 32.2. The Labute approximate surface area is 105 Å². The van der Waals surface area contributed by atoms with Crippen molar-refractivity contribution < 1.29 is 13.2 Å². The predicted octanol–water partition coefficient (Wildman–Crippen LogP) is 0.988. The molecule has 0 bridgehead atoms. The van der Waals surface area contributed by atoms with Gasteiger partial charge in [-0.25, -0.2) is 8.42 Å². The molecule has 0 aliphatic carbocycles. The average Bonchev–Trinajstić information content (AvgIpc) is 2.90. The Kier molecular flexibility index (Phi) is 2.51. The molecule has 1 unspecified atom stereocenters. The zero-order valence-electron chi connectivity index (χ0n) is 9.91. The van der Waals surface area contributed by atoms with Crippen LogP contribution in [0.4, 0.5) is 0 Å². The number of rotatable bonds is 2. The number of aromatic nitrogens is 3. The molecule has 0 amide bonds. The molecule has 1 aliphatic heterocycles. The third-order valence-electron chi connectivity index (χ3n) is 3.26. The highest BCUT2D eigenvalue weighted by Crippen LogP contribution is 2.33. The maximum absolute atomic E-state index is 11.9. The van der Waals surface area contributed by atoms with Crippen molar-refractivity contribution in [2.45, 2.75) is 18.1 Å². The number of pyridine rings is 1. The minimum Gasteiger partial charge on any atom is -0.497 e. The van der Waals surface area contributed by atoms with Gasteiger partial charge < -0.3 is 4.74 Å². The van der Waals surface area contributed by atoms with Crippen LogP contribution < -0.4 is 4.74 Å². The molecule has 3 heterocycles. The Morgan fingerprint density at radius 1 is 1.44 bits per heavy atom. The topological polar surface area (TPSA) is 73.6 Å². The molecule has 0 spiro atoms. The third-order valence-corrected chi connectivity index (χ3v) is 5.43. The van der Waals surface area contributed by atoms with E-state index < -0.39 is 15.1 Å². The first kappa shape index (κ1) is 11.5. The fourth-order valence-corrected chi connectivity index (χ4v) is 4.18. The summed E-state index contributed by atoms with van der Waals surface area (Å²) in [6, 6.07) is 3.50. The van der Waals surface area contributed by atoms with Gasteiger partial charge in [0.25, 0.3) is 0 Å². The zero-order chi connectivity index (χ0) is 12.8. The second-order valence-electron chi connectivity index (χ2n) is 4.35. The van der Waals surface area contributed by atoms with Gasteiger partial charge in [-0.2, -0.15) is 0 Å². The lowest BCUT2D eigenvalue weighted by atomic mass is 10.2. The number of sulfone groups is 1. The molecule has 3 rings (SSSR count). The van der Waals surface area contributed by atoms with E-state index in [0.29, 0.717) is 30.1 Å². The smallest absolute Gasteiger partial charge is 0.164 e. The van der Waals surface area contributed by atoms with Crippen LogP contribution in [0.1, 0.15) is 23.9 Å². The van der Waals surface area contributed by atoms with E-state index in [4.69, 9.17) is 4.74 Å². The first-order valence-electron chi connectivity index (χ1n) is 5.72. The Hall–Kier alpha value is -1.63. The molecule has 18 heavy (non-hydrogen) atoms. The Balaban J connectivity index is 2.13. The Morgan fingerprint density at radius 3 is 2.94 bits per heavy atom. The number of fused-ring (bicyclic) bond motifs is 1. The summed E-state index contributed by atoms with van der Waals surface area (Å²) >= 11 is 0. The molecule has 0 aromatic carbocycles. The van der Waals surface area contributed by atoms with Crippen LogP contribution in [0.2, 0.25) is 0 Å². The fourth-order valence-electron chi connectivity index (χ4n) is 2.32. The summed E-state index contributed by atoms with van der Waals surface area (Å²) in [6.07, 6.45) is 3.06. The van der Waals surface area contributed by atoms with Crippen molar-refractivity contribution in [3.8, 4) is 5.75 Å². The van der Waals surface area contributed by atoms with Gasteiger partial charge in [-0.15, -0.1) is 10.2 Å². The van der Waals surface area contributed by atoms with Crippen LogP contribution in [0.3, 0.4) is 0 Å². The molecule has 1 aliphatic rings. The van der Waals surface area contributed by atoms with Crippen LogP contribution >= 0.6 is 0 Å². The number of ether oxygens (including phenoxy) is 1. The molecule has 2 aromatic heterocycles. The van der Waals surface area contributed by atoms with E-state index in [1.165, 1.54) is 0 Å². The zero-order valence-corrected chi connectivity index (χ0v) is 10.7. The Bertz CT molecular complexity index is 693. The predicted molar refractivity (Wildman–Crippen MR) is 65.3 cm³/mol.